The summed E-state index contributed by atoms with van der Waals surface area (Å²) in [4.78, 5) is 0.161. The summed E-state index contributed by atoms with van der Waals surface area (Å²) < 4.78 is 40.3. The van der Waals surface area contributed by atoms with Crippen molar-refractivity contribution in [2.45, 2.75) is 24.3 Å². The molecule has 116 valence electrons. The number of hydrogen-bond donors (Lipinski definition) is 1. The second-order valence-electron chi connectivity index (χ2n) is 5.43. The fraction of sp³-hybridized carbons (Fsp3) is 0.250. The van der Waals surface area contributed by atoms with Crippen molar-refractivity contribution in [3.63, 3.8) is 0 Å². The van der Waals surface area contributed by atoms with Gasteiger partial charge in [0.25, 0.3) is 10.0 Å². The molecule has 0 radical (unpaired) electrons. The zero-order valence-electron chi connectivity index (χ0n) is 12.0. The summed E-state index contributed by atoms with van der Waals surface area (Å²) in [6.07, 6.45) is 0.300. The van der Waals surface area contributed by atoms with Crippen LogP contribution in [0, 0.1) is 12.7 Å². The molecule has 0 bridgehead atoms. The number of rotatable bonds is 3. The monoisotopic (exact) mass is 321 g/mol. The molecule has 0 amide bonds. The zero-order chi connectivity index (χ0) is 15.9. The Morgan fingerprint density at radius 3 is 2.55 bits per heavy atom. The predicted molar refractivity (Wildman–Crippen MR) is 81.8 cm³/mol. The lowest BCUT2D eigenvalue weighted by atomic mass is 10.1. The molecule has 22 heavy (non-hydrogen) atoms. The van der Waals surface area contributed by atoms with Gasteiger partial charge in [-0.2, -0.15) is 0 Å². The van der Waals surface area contributed by atoms with Gasteiger partial charge in [-0.05, 0) is 49.2 Å². The molecule has 0 aliphatic carbocycles. The molecule has 1 N–H and O–H groups in total. The van der Waals surface area contributed by atoms with Crippen LogP contribution < -0.4 is 4.31 Å². The van der Waals surface area contributed by atoms with Crippen molar-refractivity contribution in [1.82, 2.24) is 0 Å². The molecule has 0 saturated carbocycles. The van der Waals surface area contributed by atoms with Gasteiger partial charge in [0.15, 0.2) is 0 Å². The number of aliphatic hydroxyl groups is 1. The summed E-state index contributed by atoms with van der Waals surface area (Å²) in [5.41, 5.74) is 1.98. The van der Waals surface area contributed by atoms with E-state index in [1.807, 2.05) is 6.92 Å². The summed E-state index contributed by atoms with van der Waals surface area (Å²) in [5, 5.41) is 9.53. The molecular formula is C16H16FNO3S. The largest absolute Gasteiger partial charge is 0.394 e. The minimum Gasteiger partial charge on any atom is -0.394 e. The Balaban J connectivity index is 2.11. The number of fused-ring (bicyclic) bond motifs is 1. The first-order chi connectivity index (χ1) is 10.4. The van der Waals surface area contributed by atoms with Gasteiger partial charge in [-0.1, -0.05) is 17.7 Å². The van der Waals surface area contributed by atoms with Gasteiger partial charge < -0.3 is 5.11 Å². The first-order valence-electron chi connectivity index (χ1n) is 6.94. The number of aliphatic hydroxyl groups excluding tert-OH is 1. The van der Waals surface area contributed by atoms with Crippen molar-refractivity contribution in [3.05, 3.63) is 59.4 Å². The average Bonchev–Trinajstić information content (AvgIpc) is 2.85. The van der Waals surface area contributed by atoms with E-state index in [0.717, 1.165) is 5.56 Å². The number of sulfonamides is 1. The van der Waals surface area contributed by atoms with Crippen LogP contribution in [0.4, 0.5) is 10.1 Å². The van der Waals surface area contributed by atoms with Crippen molar-refractivity contribution in [3.8, 4) is 0 Å². The summed E-state index contributed by atoms with van der Waals surface area (Å²) in [7, 11) is -3.79. The van der Waals surface area contributed by atoms with E-state index in [2.05, 4.69) is 0 Å². The van der Waals surface area contributed by atoms with E-state index >= 15 is 0 Å². The molecule has 0 fully saturated rings. The Morgan fingerprint density at radius 1 is 1.23 bits per heavy atom. The SMILES string of the molecule is Cc1ccc(S(=O)(=O)N2c3ccc(F)cc3CC2CO)cc1. The standard InChI is InChI=1S/C16H16FNO3S/c1-11-2-5-15(6-3-11)22(20,21)18-14(10-19)9-12-8-13(17)4-7-16(12)18/h2-8,14,19H,9-10H2,1H3. The minimum atomic E-state index is -3.79. The molecule has 3 rings (SSSR count). The molecule has 1 heterocycles. The van der Waals surface area contributed by atoms with Gasteiger partial charge >= 0.3 is 0 Å². The van der Waals surface area contributed by atoms with Gasteiger partial charge in [0.1, 0.15) is 5.82 Å². The van der Waals surface area contributed by atoms with Crippen molar-refractivity contribution in [1.29, 1.82) is 0 Å². The molecule has 0 saturated heterocycles. The lowest BCUT2D eigenvalue weighted by molar-refractivity contribution is 0.270. The van der Waals surface area contributed by atoms with Crippen LogP contribution in [0.1, 0.15) is 11.1 Å². The average molecular weight is 321 g/mol. The van der Waals surface area contributed by atoms with E-state index in [9.17, 15) is 17.9 Å². The molecule has 1 atom stereocenters. The maximum absolute atomic E-state index is 13.4. The Morgan fingerprint density at radius 2 is 1.91 bits per heavy atom. The molecular weight excluding hydrogens is 305 g/mol. The maximum atomic E-state index is 13.4. The highest BCUT2D eigenvalue weighted by Crippen LogP contribution is 2.37. The number of nitrogens with zero attached hydrogens (tertiary/aromatic N) is 1. The molecule has 2 aromatic rings. The molecule has 1 aliphatic heterocycles. The third kappa shape index (κ3) is 2.38. The molecule has 1 aliphatic rings. The Labute approximate surface area is 128 Å². The minimum absolute atomic E-state index is 0.161. The van der Waals surface area contributed by atoms with E-state index in [-0.39, 0.29) is 11.5 Å². The van der Waals surface area contributed by atoms with E-state index in [1.165, 1.54) is 22.5 Å². The molecule has 6 heteroatoms. The van der Waals surface area contributed by atoms with Crippen LogP contribution in [0.15, 0.2) is 47.4 Å². The van der Waals surface area contributed by atoms with Gasteiger partial charge in [0.2, 0.25) is 0 Å². The molecule has 2 aromatic carbocycles. The van der Waals surface area contributed by atoms with Crippen molar-refractivity contribution in [2.75, 3.05) is 10.9 Å². The van der Waals surface area contributed by atoms with Gasteiger partial charge in [0, 0.05) is 0 Å². The first kappa shape index (κ1) is 15.0. The van der Waals surface area contributed by atoms with Gasteiger partial charge in [-0.25, -0.2) is 12.8 Å². The second-order valence-corrected chi connectivity index (χ2v) is 7.24. The third-order valence-corrected chi connectivity index (χ3v) is 5.74. The Hall–Kier alpha value is -1.92. The summed E-state index contributed by atoms with van der Waals surface area (Å²) in [6.45, 7) is 1.56. The highest BCUT2D eigenvalue weighted by atomic mass is 32.2. The third-order valence-electron chi connectivity index (χ3n) is 3.85. The number of hydrogen-bond acceptors (Lipinski definition) is 3. The van der Waals surface area contributed by atoms with E-state index < -0.39 is 21.9 Å². The Bertz CT molecular complexity index is 803. The van der Waals surface area contributed by atoms with Crippen molar-refractivity contribution < 1.29 is 17.9 Å². The van der Waals surface area contributed by atoms with Gasteiger partial charge in [-0.3, -0.25) is 4.31 Å². The van der Waals surface area contributed by atoms with E-state index in [0.29, 0.717) is 17.7 Å². The lowest BCUT2D eigenvalue weighted by Gasteiger charge is -2.25. The van der Waals surface area contributed by atoms with Crippen LogP contribution in [-0.4, -0.2) is 26.2 Å². The molecule has 1 unspecified atom stereocenters. The van der Waals surface area contributed by atoms with Gasteiger partial charge in [0.05, 0.1) is 23.2 Å². The number of halogens is 1. The van der Waals surface area contributed by atoms with Crippen LogP contribution in [0.3, 0.4) is 0 Å². The maximum Gasteiger partial charge on any atom is 0.264 e. The summed E-state index contributed by atoms with van der Waals surface area (Å²) in [6, 6.07) is 9.93. The van der Waals surface area contributed by atoms with Crippen molar-refractivity contribution in [2.24, 2.45) is 0 Å². The lowest BCUT2D eigenvalue weighted by Crippen LogP contribution is -2.39. The number of benzene rings is 2. The first-order valence-corrected chi connectivity index (χ1v) is 8.38. The van der Waals surface area contributed by atoms with Crippen molar-refractivity contribution >= 4 is 15.7 Å². The highest BCUT2D eigenvalue weighted by Gasteiger charge is 2.38. The van der Waals surface area contributed by atoms with Crippen LogP contribution in [0.2, 0.25) is 0 Å². The van der Waals surface area contributed by atoms with Crippen LogP contribution in [-0.2, 0) is 16.4 Å². The number of anilines is 1. The molecule has 0 aromatic heterocycles. The quantitative estimate of drug-likeness (QED) is 0.943. The summed E-state index contributed by atoms with van der Waals surface area (Å²) >= 11 is 0. The molecule has 4 nitrogen and oxygen atoms in total. The second kappa shape index (κ2) is 5.37. The topological polar surface area (TPSA) is 57.6 Å². The smallest absolute Gasteiger partial charge is 0.264 e. The van der Waals surface area contributed by atoms with Crippen LogP contribution >= 0.6 is 0 Å². The van der Waals surface area contributed by atoms with Gasteiger partial charge in [-0.15, -0.1) is 0 Å². The van der Waals surface area contributed by atoms with Crippen LogP contribution in [0.5, 0.6) is 0 Å². The zero-order valence-corrected chi connectivity index (χ0v) is 12.8. The van der Waals surface area contributed by atoms with Crippen LogP contribution in [0.25, 0.3) is 0 Å². The highest BCUT2D eigenvalue weighted by molar-refractivity contribution is 7.92. The Kier molecular flexibility index (Phi) is 3.66. The summed E-state index contributed by atoms with van der Waals surface area (Å²) in [5.74, 6) is -0.412. The van der Waals surface area contributed by atoms with E-state index in [1.54, 1.807) is 24.3 Å². The predicted octanol–water partition coefficient (Wildman–Crippen LogP) is 2.25. The fourth-order valence-corrected chi connectivity index (χ4v) is 4.43. The number of aryl methyl sites for hydroxylation is 1. The molecule has 0 spiro atoms. The fourth-order valence-electron chi connectivity index (χ4n) is 2.75. The van der Waals surface area contributed by atoms with E-state index in [4.69, 9.17) is 0 Å². The normalized spacial score (nSPS) is 17.6.